The minimum Gasteiger partial charge on any atom is -0.368 e. The molecular formula is C28H25FN4O2S2. The first-order valence-electron chi connectivity index (χ1n) is 11.9. The van der Waals surface area contributed by atoms with Gasteiger partial charge in [-0.15, -0.1) is 11.3 Å². The summed E-state index contributed by atoms with van der Waals surface area (Å²) in [5.41, 5.74) is 4.27. The zero-order valence-corrected chi connectivity index (χ0v) is 21.6. The fourth-order valence-electron chi connectivity index (χ4n) is 4.09. The molecule has 0 bridgehead atoms. The molecule has 2 heterocycles. The van der Waals surface area contributed by atoms with Crippen LogP contribution in [0.1, 0.15) is 10.4 Å². The Bertz CT molecular complexity index is 1350. The number of aromatic nitrogens is 1. The number of nitrogens with one attached hydrogen (secondary N) is 1. The van der Waals surface area contributed by atoms with E-state index in [-0.39, 0.29) is 23.4 Å². The van der Waals surface area contributed by atoms with Crippen molar-refractivity contribution in [2.75, 3.05) is 42.1 Å². The number of carbonyl (C=O) groups excluding carboxylic acids is 2. The zero-order valence-electron chi connectivity index (χ0n) is 20.0. The molecule has 37 heavy (non-hydrogen) atoms. The molecule has 5 rings (SSSR count). The number of piperazine rings is 1. The van der Waals surface area contributed by atoms with Crippen LogP contribution in [0.15, 0.2) is 88.6 Å². The lowest BCUT2D eigenvalue weighted by atomic mass is 10.1. The zero-order chi connectivity index (χ0) is 25.6. The average molecular weight is 533 g/mol. The minimum atomic E-state index is -0.350. The maximum absolute atomic E-state index is 13.1. The van der Waals surface area contributed by atoms with Crippen molar-refractivity contribution in [2.45, 2.75) is 4.34 Å². The van der Waals surface area contributed by atoms with Gasteiger partial charge in [-0.05, 0) is 48.5 Å². The van der Waals surface area contributed by atoms with Gasteiger partial charge in [0.15, 0.2) is 4.34 Å². The molecule has 0 unspecified atom stereocenters. The second-order valence-corrected chi connectivity index (χ2v) is 10.6. The Morgan fingerprint density at radius 1 is 0.919 bits per heavy atom. The number of rotatable bonds is 7. The van der Waals surface area contributed by atoms with Gasteiger partial charge >= 0.3 is 0 Å². The molecule has 0 atom stereocenters. The van der Waals surface area contributed by atoms with Crippen molar-refractivity contribution in [1.82, 2.24) is 9.88 Å². The first-order chi connectivity index (χ1) is 18.0. The Labute approximate surface area is 223 Å². The first kappa shape index (κ1) is 25.0. The smallest absolute Gasteiger partial charge is 0.253 e. The van der Waals surface area contributed by atoms with Gasteiger partial charge in [0.1, 0.15) is 5.82 Å². The van der Waals surface area contributed by atoms with Gasteiger partial charge in [-0.25, -0.2) is 9.37 Å². The lowest BCUT2D eigenvalue weighted by molar-refractivity contribution is -0.113. The monoisotopic (exact) mass is 532 g/mol. The van der Waals surface area contributed by atoms with E-state index in [9.17, 15) is 14.0 Å². The first-order valence-corrected chi connectivity index (χ1v) is 13.8. The van der Waals surface area contributed by atoms with E-state index in [1.54, 1.807) is 4.90 Å². The van der Waals surface area contributed by atoms with Crippen LogP contribution in [0.4, 0.5) is 15.8 Å². The van der Waals surface area contributed by atoms with Crippen molar-refractivity contribution in [3.05, 3.63) is 95.6 Å². The van der Waals surface area contributed by atoms with Crippen LogP contribution < -0.4 is 10.2 Å². The van der Waals surface area contributed by atoms with E-state index in [1.165, 1.54) is 47.4 Å². The predicted octanol–water partition coefficient (Wildman–Crippen LogP) is 5.64. The molecule has 1 aliphatic rings. The molecule has 3 aromatic carbocycles. The Kier molecular flexibility index (Phi) is 7.82. The quantitative estimate of drug-likeness (QED) is 0.312. The highest BCUT2D eigenvalue weighted by Gasteiger charge is 2.22. The van der Waals surface area contributed by atoms with Crippen LogP contribution in [-0.4, -0.2) is 53.6 Å². The molecule has 188 valence electrons. The molecule has 2 amide bonds. The third kappa shape index (κ3) is 6.36. The van der Waals surface area contributed by atoms with Gasteiger partial charge in [0.25, 0.3) is 5.91 Å². The SMILES string of the molecule is O=C(CSc1nc(-c2ccccc2)cs1)Nc1ccc(N2CCN(C(=O)c3ccc(F)cc3)CC2)cc1. The summed E-state index contributed by atoms with van der Waals surface area (Å²) in [4.78, 5) is 33.7. The number of nitrogens with zero attached hydrogens (tertiary/aromatic N) is 3. The number of carbonyl (C=O) groups is 2. The molecule has 6 nitrogen and oxygen atoms in total. The summed E-state index contributed by atoms with van der Waals surface area (Å²) in [6.45, 7) is 2.59. The van der Waals surface area contributed by atoms with Gasteiger partial charge in [-0.1, -0.05) is 42.1 Å². The van der Waals surface area contributed by atoms with E-state index < -0.39 is 0 Å². The molecule has 1 N–H and O–H groups in total. The largest absolute Gasteiger partial charge is 0.368 e. The van der Waals surface area contributed by atoms with Crippen molar-refractivity contribution in [3.8, 4) is 11.3 Å². The van der Waals surface area contributed by atoms with Crippen LogP contribution in [0, 0.1) is 5.82 Å². The number of amides is 2. The number of hydrogen-bond acceptors (Lipinski definition) is 6. The third-order valence-electron chi connectivity index (χ3n) is 6.05. The molecule has 1 aromatic heterocycles. The van der Waals surface area contributed by atoms with E-state index in [0.29, 0.717) is 31.7 Å². The Morgan fingerprint density at radius 3 is 2.32 bits per heavy atom. The fraction of sp³-hybridized carbons (Fsp3) is 0.179. The van der Waals surface area contributed by atoms with Crippen molar-refractivity contribution in [2.24, 2.45) is 0 Å². The maximum Gasteiger partial charge on any atom is 0.253 e. The Balaban J connectivity index is 1.08. The predicted molar refractivity (Wildman–Crippen MR) is 148 cm³/mol. The molecule has 0 spiro atoms. The summed E-state index contributed by atoms with van der Waals surface area (Å²) in [5.74, 6) is -0.225. The van der Waals surface area contributed by atoms with Gasteiger partial charge in [0, 0.05) is 54.1 Å². The fourth-order valence-corrected chi connectivity index (χ4v) is 5.72. The summed E-state index contributed by atoms with van der Waals surface area (Å²) < 4.78 is 14.0. The lowest BCUT2D eigenvalue weighted by Gasteiger charge is -2.36. The van der Waals surface area contributed by atoms with Gasteiger partial charge < -0.3 is 15.1 Å². The van der Waals surface area contributed by atoms with Gasteiger partial charge in [0.2, 0.25) is 5.91 Å². The molecule has 1 aliphatic heterocycles. The number of benzene rings is 3. The van der Waals surface area contributed by atoms with E-state index in [4.69, 9.17) is 0 Å². The highest BCUT2D eigenvalue weighted by Crippen LogP contribution is 2.28. The summed E-state index contributed by atoms with van der Waals surface area (Å²) in [7, 11) is 0. The van der Waals surface area contributed by atoms with E-state index in [0.717, 1.165) is 27.0 Å². The molecule has 0 radical (unpaired) electrons. The number of halogens is 1. The maximum atomic E-state index is 13.1. The van der Waals surface area contributed by atoms with Crippen LogP contribution in [0.5, 0.6) is 0 Å². The van der Waals surface area contributed by atoms with Crippen molar-refractivity contribution in [1.29, 1.82) is 0 Å². The van der Waals surface area contributed by atoms with Crippen LogP contribution >= 0.6 is 23.1 Å². The second-order valence-electron chi connectivity index (χ2n) is 8.53. The minimum absolute atomic E-state index is 0.0791. The molecule has 0 aliphatic carbocycles. The third-order valence-corrected chi connectivity index (χ3v) is 8.07. The van der Waals surface area contributed by atoms with Crippen molar-refractivity contribution in [3.63, 3.8) is 0 Å². The number of hydrogen-bond donors (Lipinski definition) is 1. The van der Waals surface area contributed by atoms with Crippen molar-refractivity contribution >= 4 is 46.3 Å². The topological polar surface area (TPSA) is 65.5 Å². The van der Waals surface area contributed by atoms with Gasteiger partial charge in [-0.2, -0.15) is 0 Å². The number of anilines is 2. The number of thioether (sulfide) groups is 1. The van der Waals surface area contributed by atoms with Gasteiger partial charge in [0.05, 0.1) is 11.4 Å². The van der Waals surface area contributed by atoms with Gasteiger partial charge in [-0.3, -0.25) is 9.59 Å². The molecule has 4 aromatic rings. The van der Waals surface area contributed by atoms with E-state index in [1.807, 2.05) is 60.0 Å². The number of thiazole rings is 1. The van der Waals surface area contributed by atoms with Crippen LogP contribution in [0.2, 0.25) is 0 Å². The van der Waals surface area contributed by atoms with Crippen LogP contribution in [0.25, 0.3) is 11.3 Å². The molecule has 9 heteroatoms. The molecule has 1 saturated heterocycles. The Hall–Kier alpha value is -3.69. The Morgan fingerprint density at radius 2 is 1.62 bits per heavy atom. The average Bonchev–Trinajstić information content (AvgIpc) is 3.42. The molecule has 0 saturated carbocycles. The van der Waals surface area contributed by atoms with Crippen molar-refractivity contribution < 1.29 is 14.0 Å². The summed E-state index contributed by atoms with van der Waals surface area (Å²) in [6.07, 6.45) is 0. The van der Waals surface area contributed by atoms with E-state index >= 15 is 0 Å². The summed E-state index contributed by atoms with van der Waals surface area (Å²) in [6, 6.07) is 23.4. The summed E-state index contributed by atoms with van der Waals surface area (Å²) in [5, 5.41) is 4.95. The van der Waals surface area contributed by atoms with Crippen LogP contribution in [-0.2, 0) is 4.79 Å². The lowest BCUT2D eigenvalue weighted by Crippen LogP contribution is -2.48. The second kappa shape index (κ2) is 11.6. The normalized spacial score (nSPS) is 13.4. The molecule has 1 fully saturated rings. The van der Waals surface area contributed by atoms with E-state index in [2.05, 4.69) is 15.2 Å². The highest BCUT2D eigenvalue weighted by atomic mass is 32.2. The standard InChI is InChI=1S/C28H25FN4O2S2/c29-22-8-6-21(7-9-22)27(35)33-16-14-32(15-17-33)24-12-10-23(11-13-24)30-26(34)19-37-28-31-25(18-36-28)20-4-2-1-3-5-20/h1-13,18H,14-17,19H2,(H,30,34). The molecular weight excluding hydrogens is 507 g/mol. The summed E-state index contributed by atoms with van der Waals surface area (Å²) >= 11 is 2.97. The van der Waals surface area contributed by atoms with Crippen LogP contribution in [0.3, 0.4) is 0 Å². The highest BCUT2D eigenvalue weighted by molar-refractivity contribution is 8.01.